The number of fused-ring (bicyclic) bond motifs is 4. The Labute approximate surface area is 182 Å². The first kappa shape index (κ1) is 18.1. The fourth-order valence-electron chi connectivity index (χ4n) is 3.74. The Bertz CT molecular complexity index is 1390. The zero-order valence-corrected chi connectivity index (χ0v) is 17.8. The minimum absolute atomic E-state index is 0.0739. The molecule has 29 heavy (non-hydrogen) atoms. The topological polar surface area (TPSA) is 33.0 Å². The molecule has 0 saturated carbocycles. The molecule has 1 heterocycles. The van der Waals surface area contributed by atoms with Gasteiger partial charge in [-0.25, -0.2) is 0 Å². The molecule has 5 aromatic rings. The first-order chi connectivity index (χ1) is 14.2. The second-order valence-corrected chi connectivity index (χ2v) is 8.25. The molecular formula is C25H18IN2O+. The van der Waals surface area contributed by atoms with E-state index in [1.54, 1.807) is 0 Å². The molecule has 0 aliphatic rings. The summed E-state index contributed by atoms with van der Waals surface area (Å²) in [7, 11) is 0. The van der Waals surface area contributed by atoms with Crippen molar-refractivity contribution in [2.75, 3.05) is 0 Å². The molecule has 0 bridgehead atoms. The van der Waals surface area contributed by atoms with Crippen LogP contribution in [0.1, 0.15) is 10.4 Å². The Morgan fingerprint density at radius 2 is 1.55 bits per heavy atom. The van der Waals surface area contributed by atoms with Crippen molar-refractivity contribution in [3.63, 3.8) is 0 Å². The van der Waals surface area contributed by atoms with E-state index in [0.717, 1.165) is 16.2 Å². The highest BCUT2D eigenvalue weighted by molar-refractivity contribution is 14.1. The van der Waals surface area contributed by atoms with Crippen molar-refractivity contribution in [1.82, 2.24) is 5.32 Å². The first-order valence-corrected chi connectivity index (χ1v) is 10.5. The molecule has 0 aliphatic heterocycles. The van der Waals surface area contributed by atoms with E-state index in [2.05, 4.69) is 64.3 Å². The zero-order chi connectivity index (χ0) is 19.8. The van der Waals surface area contributed by atoms with Crippen LogP contribution in [0.25, 0.3) is 32.3 Å². The number of amides is 1. The van der Waals surface area contributed by atoms with Gasteiger partial charge in [-0.05, 0) is 73.8 Å². The van der Waals surface area contributed by atoms with Crippen LogP contribution < -0.4 is 9.88 Å². The highest BCUT2D eigenvalue weighted by atomic mass is 127. The van der Waals surface area contributed by atoms with E-state index in [0.29, 0.717) is 12.2 Å². The molecular weight excluding hydrogens is 471 g/mol. The maximum absolute atomic E-state index is 12.8. The van der Waals surface area contributed by atoms with E-state index < -0.39 is 0 Å². The number of carbonyl (C=O) groups is 1. The fraction of sp³-hybridized carbons (Fsp3) is 0.0400. The van der Waals surface area contributed by atoms with E-state index in [9.17, 15) is 4.79 Å². The van der Waals surface area contributed by atoms with Crippen molar-refractivity contribution in [3.8, 4) is 0 Å². The molecule has 4 heteroatoms. The first-order valence-electron chi connectivity index (χ1n) is 9.46. The fourth-order valence-corrected chi connectivity index (χ4v) is 4.54. The second kappa shape index (κ2) is 7.44. The summed E-state index contributed by atoms with van der Waals surface area (Å²) >= 11 is 2.37. The standard InChI is InChI=1S/C25H17IN2O/c26-24-14-18-9-10-19(13-23(18)21-7-3-4-8-22(21)24)25(29)27-16-28-12-11-17-5-1-2-6-20(17)15-28/h1-15H,16H2/p+1. The van der Waals surface area contributed by atoms with E-state index in [1.807, 2.05) is 59.4 Å². The van der Waals surface area contributed by atoms with Gasteiger partial charge in [-0.3, -0.25) is 10.1 Å². The quantitative estimate of drug-likeness (QED) is 0.205. The van der Waals surface area contributed by atoms with Gasteiger partial charge in [0.2, 0.25) is 6.67 Å². The summed E-state index contributed by atoms with van der Waals surface area (Å²) in [5.41, 5.74) is 0.672. The summed E-state index contributed by atoms with van der Waals surface area (Å²) in [5, 5.41) is 10.00. The van der Waals surface area contributed by atoms with Crippen molar-refractivity contribution >= 4 is 60.8 Å². The lowest BCUT2D eigenvalue weighted by Gasteiger charge is -2.09. The summed E-state index contributed by atoms with van der Waals surface area (Å²) < 4.78 is 3.20. The Kier molecular flexibility index (Phi) is 4.64. The van der Waals surface area contributed by atoms with Gasteiger partial charge in [-0.15, -0.1) is 0 Å². The van der Waals surface area contributed by atoms with Gasteiger partial charge < -0.3 is 0 Å². The molecule has 140 valence electrons. The second-order valence-electron chi connectivity index (χ2n) is 7.09. The van der Waals surface area contributed by atoms with Crippen LogP contribution in [0.3, 0.4) is 0 Å². The number of benzene rings is 4. The van der Waals surface area contributed by atoms with Gasteiger partial charge in [0, 0.05) is 20.6 Å². The highest BCUT2D eigenvalue weighted by Crippen LogP contribution is 2.30. The number of aromatic nitrogens is 1. The van der Waals surface area contributed by atoms with Gasteiger partial charge in [0.1, 0.15) is 0 Å². The van der Waals surface area contributed by atoms with Crippen LogP contribution in [0.15, 0.2) is 91.3 Å². The van der Waals surface area contributed by atoms with E-state index in [-0.39, 0.29) is 5.91 Å². The Morgan fingerprint density at radius 1 is 0.793 bits per heavy atom. The van der Waals surface area contributed by atoms with Crippen LogP contribution in [0.2, 0.25) is 0 Å². The van der Waals surface area contributed by atoms with Crippen LogP contribution in [0.4, 0.5) is 0 Å². The number of halogens is 1. The Hall–Kier alpha value is -2.99. The molecule has 0 unspecified atom stereocenters. The molecule has 0 saturated heterocycles. The lowest BCUT2D eigenvalue weighted by atomic mass is 10.00. The van der Waals surface area contributed by atoms with Crippen molar-refractivity contribution < 1.29 is 9.36 Å². The maximum Gasteiger partial charge on any atom is 0.256 e. The van der Waals surface area contributed by atoms with Crippen molar-refractivity contribution in [2.45, 2.75) is 6.67 Å². The normalized spacial score (nSPS) is 11.2. The van der Waals surface area contributed by atoms with Gasteiger partial charge in [0.05, 0.1) is 0 Å². The van der Waals surface area contributed by atoms with Crippen molar-refractivity contribution in [3.05, 3.63) is 100 Å². The average molecular weight is 489 g/mol. The maximum atomic E-state index is 12.8. The molecule has 1 N–H and O–H groups in total. The minimum atomic E-state index is -0.0739. The van der Waals surface area contributed by atoms with Crippen molar-refractivity contribution in [1.29, 1.82) is 0 Å². The molecule has 1 amide bonds. The van der Waals surface area contributed by atoms with Crippen LogP contribution >= 0.6 is 22.6 Å². The third-order valence-corrected chi connectivity index (χ3v) is 6.13. The summed E-state index contributed by atoms with van der Waals surface area (Å²) in [6, 6.07) is 26.7. The Balaban J connectivity index is 1.44. The molecule has 1 aromatic heterocycles. The summed E-state index contributed by atoms with van der Waals surface area (Å²) in [5.74, 6) is -0.0739. The van der Waals surface area contributed by atoms with Crippen LogP contribution in [-0.4, -0.2) is 5.91 Å². The molecule has 0 aliphatic carbocycles. The number of pyridine rings is 1. The lowest BCUT2D eigenvalue weighted by molar-refractivity contribution is -0.698. The van der Waals surface area contributed by atoms with Crippen LogP contribution in [0, 0.1) is 3.57 Å². The van der Waals surface area contributed by atoms with Gasteiger partial charge >= 0.3 is 0 Å². The summed E-state index contributed by atoms with van der Waals surface area (Å²) in [6.45, 7) is 0.426. The number of rotatable bonds is 3. The molecule has 0 radical (unpaired) electrons. The third kappa shape index (κ3) is 3.44. The number of carbonyl (C=O) groups excluding carboxylic acids is 1. The zero-order valence-electron chi connectivity index (χ0n) is 15.6. The molecule has 0 fully saturated rings. The predicted molar refractivity (Wildman–Crippen MR) is 126 cm³/mol. The van der Waals surface area contributed by atoms with Gasteiger partial charge in [0.25, 0.3) is 5.91 Å². The van der Waals surface area contributed by atoms with Gasteiger partial charge in [-0.1, -0.05) is 48.5 Å². The number of hydrogen-bond acceptors (Lipinski definition) is 1. The number of hydrogen-bond donors (Lipinski definition) is 1. The number of nitrogens with one attached hydrogen (secondary N) is 1. The summed E-state index contributed by atoms with van der Waals surface area (Å²) in [6.07, 6.45) is 4.03. The highest BCUT2D eigenvalue weighted by Gasteiger charge is 2.11. The largest absolute Gasteiger partial charge is 0.297 e. The molecule has 3 nitrogen and oxygen atoms in total. The Morgan fingerprint density at radius 3 is 2.41 bits per heavy atom. The van der Waals surface area contributed by atoms with Gasteiger partial charge in [0.15, 0.2) is 12.4 Å². The minimum Gasteiger partial charge on any atom is -0.297 e. The van der Waals surface area contributed by atoms with E-state index >= 15 is 0 Å². The van der Waals surface area contributed by atoms with Crippen LogP contribution in [-0.2, 0) is 6.67 Å². The predicted octanol–water partition coefficient (Wildman–Crippen LogP) is 5.43. The molecule has 0 atom stereocenters. The lowest BCUT2D eigenvalue weighted by Crippen LogP contribution is -2.43. The molecule has 5 rings (SSSR count). The smallest absolute Gasteiger partial charge is 0.256 e. The van der Waals surface area contributed by atoms with Crippen LogP contribution in [0.5, 0.6) is 0 Å². The average Bonchev–Trinajstić information content (AvgIpc) is 2.77. The molecule has 4 aromatic carbocycles. The monoisotopic (exact) mass is 489 g/mol. The summed E-state index contributed by atoms with van der Waals surface area (Å²) in [4.78, 5) is 12.8. The third-order valence-electron chi connectivity index (χ3n) is 5.24. The van der Waals surface area contributed by atoms with Crippen molar-refractivity contribution in [2.24, 2.45) is 0 Å². The van der Waals surface area contributed by atoms with E-state index in [4.69, 9.17) is 0 Å². The van der Waals surface area contributed by atoms with E-state index in [1.165, 1.54) is 19.7 Å². The number of nitrogens with zero attached hydrogens (tertiary/aromatic N) is 1. The SMILES string of the molecule is O=C(NC[n+]1ccc2ccccc2c1)c1ccc2cc(I)c3ccccc3c2c1. The van der Waals surface area contributed by atoms with Gasteiger partial charge in [-0.2, -0.15) is 4.57 Å². The molecule has 0 spiro atoms.